The lowest BCUT2D eigenvalue weighted by Gasteiger charge is -2.22. The van der Waals surface area contributed by atoms with Crippen LogP contribution in [0.3, 0.4) is 0 Å². The molecule has 6 heteroatoms. The number of benzene rings is 1. The molecule has 1 aliphatic rings. The van der Waals surface area contributed by atoms with E-state index in [1.54, 1.807) is 32.4 Å². The second-order valence-corrected chi connectivity index (χ2v) is 5.69. The number of carbonyl (C=O) groups is 1. The molecule has 2 rings (SSSR count). The van der Waals surface area contributed by atoms with Gasteiger partial charge >= 0.3 is 0 Å². The van der Waals surface area contributed by atoms with E-state index in [0.29, 0.717) is 23.6 Å². The number of carbonyl (C=O) groups excluding carboxylic acids is 1. The fourth-order valence-electron chi connectivity index (χ4n) is 2.08. The molecule has 1 heterocycles. The summed E-state index contributed by atoms with van der Waals surface area (Å²) in [5.74, 6) is 3.39. The van der Waals surface area contributed by atoms with Crippen molar-refractivity contribution in [3.63, 3.8) is 0 Å². The largest absolute Gasteiger partial charge is 0.497 e. The molecule has 1 unspecified atom stereocenters. The third kappa shape index (κ3) is 4.05. The minimum atomic E-state index is -0.00605. The van der Waals surface area contributed by atoms with Crippen molar-refractivity contribution in [2.75, 3.05) is 37.6 Å². The van der Waals surface area contributed by atoms with Gasteiger partial charge in [-0.15, -0.1) is 0 Å². The highest BCUT2D eigenvalue weighted by atomic mass is 32.2. The highest BCUT2D eigenvalue weighted by Crippen LogP contribution is 2.29. The van der Waals surface area contributed by atoms with E-state index in [0.717, 1.165) is 18.1 Å². The standard InChI is InChI=1S/C14H20N2O3S/c1-18-11-3-4-12(13(8-11)19-2)16-14(17)7-10-9-20-6-5-15-10/h3-4,8,10,15H,5-7,9H2,1-2H3,(H,16,17). The van der Waals surface area contributed by atoms with Crippen LogP contribution in [0.15, 0.2) is 18.2 Å². The lowest BCUT2D eigenvalue weighted by atomic mass is 10.2. The predicted octanol–water partition coefficient (Wildman–Crippen LogP) is 1.74. The van der Waals surface area contributed by atoms with Crippen molar-refractivity contribution in [2.45, 2.75) is 12.5 Å². The molecule has 20 heavy (non-hydrogen) atoms. The highest BCUT2D eigenvalue weighted by Gasteiger charge is 2.17. The van der Waals surface area contributed by atoms with Gasteiger partial charge in [0.25, 0.3) is 0 Å². The molecule has 1 fully saturated rings. The van der Waals surface area contributed by atoms with Crippen molar-refractivity contribution in [2.24, 2.45) is 0 Å². The maximum atomic E-state index is 12.1. The number of nitrogens with one attached hydrogen (secondary N) is 2. The van der Waals surface area contributed by atoms with E-state index in [-0.39, 0.29) is 11.9 Å². The van der Waals surface area contributed by atoms with E-state index in [4.69, 9.17) is 9.47 Å². The molecule has 0 radical (unpaired) electrons. The third-order valence-corrected chi connectivity index (χ3v) is 4.24. The Morgan fingerprint density at radius 3 is 2.95 bits per heavy atom. The molecule has 5 nitrogen and oxygen atoms in total. The first-order valence-corrected chi connectivity index (χ1v) is 7.71. The number of rotatable bonds is 5. The first kappa shape index (κ1) is 15.0. The summed E-state index contributed by atoms with van der Waals surface area (Å²) in [5.41, 5.74) is 0.668. The zero-order valence-corrected chi connectivity index (χ0v) is 12.6. The minimum absolute atomic E-state index is 0.00605. The van der Waals surface area contributed by atoms with Crippen molar-refractivity contribution >= 4 is 23.4 Å². The molecule has 1 atom stereocenters. The Morgan fingerprint density at radius 1 is 1.45 bits per heavy atom. The van der Waals surface area contributed by atoms with Crippen LogP contribution in [0.25, 0.3) is 0 Å². The maximum Gasteiger partial charge on any atom is 0.226 e. The van der Waals surface area contributed by atoms with Crippen molar-refractivity contribution in [1.82, 2.24) is 5.32 Å². The monoisotopic (exact) mass is 296 g/mol. The zero-order valence-electron chi connectivity index (χ0n) is 11.8. The van der Waals surface area contributed by atoms with Gasteiger partial charge in [0.1, 0.15) is 11.5 Å². The van der Waals surface area contributed by atoms with Crippen LogP contribution in [0.4, 0.5) is 5.69 Å². The summed E-state index contributed by atoms with van der Waals surface area (Å²) in [6.07, 6.45) is 0.474. The van der Waals surface area contributed by atoms with Crippen LogP contribution in [0.2, 0.25) is 0 Å². The average molecular weight is 296 g/mol. The van der Waals surface area contributed by atoms with Gasteiger partial charge in [-0.2, -0.15) is 11.8 Å². The zero-order chi connectivity index (χ0) is 14.4. The van der Waals surface area contributed by atoms with Crippen LogP contribution in [-0.4, -0.2) is 44.2 Å². The summed E-state index contributed by atoms with van der Waals surface area (Å²) in [6, 6.07) is 5.59. The van der Waals surface area contributed by atoms with Crippen molar-refractivity contribution < 1.29 is 14.3 Å². The van der Waals surface area contributed by atoms with Gasteiger partial charge < -0.3 is 20.1 Å². The van der Waals surface area contributed by atoms with E-state index in [9.17, 15) is 4.79 Å². The lowest BCUT2D eigenvalue weighted by molar-refractivity contribution is -0.116. The Kier molecular flexibility index (Phi) is 5.55. The molecule has 0 aromatic heterocycles. The van der Waals surface area contributed by atoms with Crippen molar-refractivity contribution in [3.05, 3.63) is 18.2 Å². The molecule has 0 aliphatic carbocycles. The summed E-state index contributed by atoms with van der Waals surface area (Å²) in [4.78, 5) is 12.1. The summed E-state index contributed by atoms with van der Waals surface area (Å²) in [6.45, 7) is 0.967. The number of anilines is 1. The Bertz CT molecular complexity index is 462. The number of thioether (sulfide) groups is 1. The average Bonchev–Trinajstić information content (AvgIpc) is 2.48. The van der Waals surface area contributed by atoms with Gasteiger partial charge in [0, 0.05) is 36.6 Å². The van der Waals surface area contributed by atoms with E-state index >= 15 is 0 Å². The third-order valence-electron chi connectivity index (χ3n) is 3.11. The van der Waals surface area contributed by atoms with Gasteiger partial charge in [0.05, 0.1) is 19.9 Å². The van der Waals surface area contributed by atoms with E-state index in [1.165, 1.54) is 0 Å². The second-order valence-electron chi connectivity index (χ2n) is 4.54. The normalized spacial score (nSPS) is 18.4. The maximum absolute atomic E-state index is 12.1. The molecule has 0 saturated carbocycles. The molecule has 110 valence electrons. The summed E-state index contributed by atoms with van der Waals surface area (Å²) in [5, 5.41) is 6.24. The molecule has 0 spiro atoms. The van der Waals surface area contributed by atoms with Gasteiger partial charge in [-0.1, -0.05) is 0 Å². The van der Waals surface area contributed by atoms with E-state index < -0.39 is 0 Å². The van der Waals surface area contributed by atoms with Gasteiger partial charge in [-0.25, -0.2) is 0 Å². The lowest BCUT2D eigenvalue weighted by Crippen LogP contribution is -2.39. The summed E-state index contributed by atoms with van der Waals surface area (Å²) < 4.78 is 10.4. The van der Waals surface area contributed by atoms with Gasteiger partial charge in [-0.3, -0.25) is 4.79 Å². The molecular weight excluding hydrogens is 276 g/mol. The first-order chi connectivity index (χ1) is 9.72. The molecule has 1 amide bonds. The number of hydrogen-bond donors (Lipinski definition) is 2. The second kappa shape index (κ2) is 7.40. The highest BCUT2D eigenvalue weighted by molar-refractivity contribution is 7.99. The van der Waals surface area contributed by atoms with Gasteiger partial charge in [-0.05, 0) is 12.1 Å². The molecule has 1 aliphatic heterocycles. The molecule has 0 bridgehead atoms. The number of amides is 1. The molecule has 2 N–H and O–H groups in total. The predicted molar refractivity (Wildman–Crippen MR) is 81.9 cm³/mol. The van der Waals surface area contributed by atoms with Gasteiger partial charge in [0.15, 0.2) is 0 Å². The Hall–Kier alpha value is -1.40. The number of ether oxygens (including phenoxy) is 2. The Balaban J connectivity index is 1.96. The van der Waals surface area contributed by atoms with E-state index in [1.807, 2.05) is 11.8 Å². The molecule has 1 saturated heterocycles. The Morgan fingerprint density at radius 2 is 2.30 bits per heavy atom. The van der Waals surface area contributed by atoms with Crippen LogP contribution in [0.1, 0.15) is 6.42 Å². The fraction of sp³-hybridized carbons (Fsp3) is 0.500. The Labute approximate surface area is 123 Å². The fourth-order valence-corrected chi connectivity index (χ4v) is 3.03. The van der Waals surface area contributed by atoms with Crippen LogP contribution in [0, 0.1) is 0 Å². The van der Waals surface area contributed by atoms with Crippen LogP contribution < -0.4 is 20.1 Å². The molecule has 1 aromatic rings. The molecular formula is C14H20N2O3S. The topological polar surface area (TPSA) is 59.6 Å². The van der Waals surface area contributed by atoms with Crippen LogP contribution in [-0.2, 0) is 4.79 Å². The minimum Gasteiger partial charge on any atom is -0.497 e. The summed E-state index contributed by atoms with van der Waals surface area (Å²) in [7, 11) is 3.17. The van der Waals surface area contributed by atoms with Crippen molar-refractivity contribution in [1.29, 1.82) is 0 Å². The number of methoxy groups -OCH3 is 2. The quantitative estimate of drug-likeness (QED) is 0.866. The van der Waals surface area contributed by atoms with Crippen molar-refractivity contribution in [3.8, 4) is 11.5 Å². The van der Waals surface area contributed by atoms with Gasteiger partial charge in [0.2, 0.25) is 5.91 Å². The SMILES string of the molecule is COc1ccc(NC(=O)CC2CSCCN2)c(OC)c1. The number of hydrogen-bond acceptors (Lipinski definition) is 5. The molecule has 1 aromatic carbocycles. The summed E-state index contributed by atoms with van der Waals surface area (Å²) >= 11 is 1.88. The smallest absolute Gasteiger partial charge is 0.226 e. The van der Waals surface area contributed by atoms with E-state index in [2.05, 4.69) is 10.6 Å². The first-order valence-electron chi connectivity index (χ1n) is 6.56. The van der Waals surface area contributed by atoms with Crippen LogP contribution >= 0.6 is 11.8 Å². The van der Waals surface area contributed by atoms with Crippen LogP contribution in [0.5, 0.6) is 11.5 Å².